The summed E-state index contributed by atoms with van der Waals surface area (Å²) in [6.07, 6.45) is 7.78. The predicted molar refractivity (Wildman–Crippen MR) is 155 cm³/mol. The number of nitrogens with zero attached hydrogens (tertiary/aromatic N) is 4. The summed E-state index contributed by atoms with van der Waals surface area (Å²) in [4.78, 5) is 19.8. The molecule has 5 rings (SSSR count). The van der Waals surface area contributed by atoms with Gasteiger partial charge in [0.05, 0.1) is 0 Å². The van der Waals surface area contributed by atoms with E-state index in [0.29, 0.717) is 11.9 Å². The van der Waals surface area contributed by atoms with E-state index < -0.39 is 0 Å². The molecule has 194 valence electrons. The lowest BCUT2D eigenvalue weighted by atomic mass is 9.96. The van der Waals surface area contributed by atoms with Gasteiger partial charge in [-0.2, -0.15) is 4.98 Å². The monoisotopic (exact) mass is 506 g/mol. The summed E-state index contributed by atoms with van der Waals surface area (Å²) < 4.78 is 1.78. The maximum atomic E-state index is 11.2. The third-order valence-corrected chi connectivity index (χ3v) is 6.36. The fourth-order valence-electron chi connectivity index (χ4n) is 3.99. The van der Waals surface area contributed by atoms with Crippen LogP contribution in [0.15, 0.2) is 91.4 Å². The predicted octanol–water partition coefficient (Wildman–Crippen LogP) is 7.26. The van der Waals surface area contributed by atoms with Crippen molar-refractivity contribution in [2.24, 2.45) is 0 Å². The molecular weight excluding hydrogens is 472 g/mol. The second-order valence-electron chi connectivity index (χ2n) is 9.16. The summed E-state index contributed by atoms with van der Waals surface area (Å²) in [6.45, 7) is 8.06. The van der Waals surface area contributed by atoms with E-state index in [0.717, 1.165) is 41.0 Å². The van der Waals surface area contributed by atoms with Crippen molar-refractivity contribution < 1.29 is 4.79 Å². The zero-order valence-corrected chi connectivity index (χ0v) is 22.3. The normalized spacial score (nSPS) is 11.4. The van der Waals surface area contributed by atoms with E-state index in [1.807, 2.05) is 48.8 Å². The zero-order chi connectivity index (χ0) is 26.9. The van der Waals surface area contributed by atoms with E-state index >= 15 is 0 Å². The molecule has 0 radical (unpaired) electrons. The number of benzene rings is 2. The third kappa shape index (κ3) is 6.82. The Balaban J connectivity index is 0.000000360. The highest BCUT2D eigenvalue weighted by Gasteiger charge is 2.11. The lowest BCUT2D eigenvalue weighted by molar-refractivity contribution is -0.114. The fraction of sp³-hybridized carbons (Fsp3) is 0.226. The molecule has 7 heteroatoms. The molecule has 1 unspecified atom stereocenters. The Morgan fingerprint density at radius 1 is 0.947 bits per heavy atom. The minimum Gasteiger partial charge on any atom is -0.326 e. The molecule has 2 aromatic carbocycles. The highest BCUT2D eigenvalue weighted by Crippen LogP contribution is 2.27. The summed E-state index contributed by atoms with van der Waals surface area (Å²) in [5.74, 6) is 0.976. The fourth-order valence-corrected chi connectivity index (χ4v) is 3.99. The third-order valence-electron chi connectivity index (χ3n) is 6.36. The van der Waals surface area contributed by atoms with E-state index in [-0.39, 0.29) is 5.91 Å². The molecule has 3 heterocycles. The molecule has 0 saturated carbocycles. The average Bonchev–Trinajstić information content (AvgIpc) is 3.37. The molecule has 7 nitrogen and oxygen atoms in total. The molecule has 0 spiro atoms. The summed E-state index contributed by atoms with van der Waals surface area (Å²) in [6, 6.07) is 24.2. The van der Waals surface area contributed by atoms with E-state index in [4.69, 9.17) is 4.98 Å². The Hall–Kier alpha value is -4.52. The van der Waals surface area contributed by atoms with E-state index in [1.54, 1.807) is 10.7 Å². The first-order valence-electron chi connectivity index (χ1n) is 13.0. The Morgan fingerprint density at radius 3 is 2.29 bits per heavy atom. The molecular formula is C31H34N6O. The van der Waals surface area contributed by atoms with Crippen LogP contribution in [0.25, 0.3) is 16.8 Å². The average molecular weight is 507 g/mol. The van der Waals surface area contributed by atoms with Crippen LogP contribution in [0, 0.1) is 0 Å². The number of hydrogen-bond acceptors (Lipinski definition) is 5. The molecule has 2 N–H and O–H groups in total. The minimum atomic E-state index is -0.0950. The standard InChI is InChI=1S/C24H25N5O.C7H9N/c1-4-16(2)18-7-9-19(10-8-18)22-6-5-15-29-23(22)27-24(28-29)26-21-13-11-20(12-14-21)25-17(3)30;1-2-7-4-3-5-8-6-7/h5-16H,4H2,1-3H3,(H,25,30)(H,26,28);3-6H,2H2,1H3. The second kappa shape index (κ2) is 12.6. The van der Waals surface area contributed by atoms with Gasteiger partial charge < -0.3 is 10.6 Å². The Morgan fingerprint density at radius 2 is 1.68 bits per heavy atom. The quantitative estimate of drug-likeness (QED) is 0.243. The number of anilines is 3. The van der Waals surface area contributed by atoms with Crippen LogP contribution in [0.1, 0.15) is 51.2 Å². The van der Waals surface area contributed by atoms with E-state index in [9.17, 15) is 4.79 Å². The number of carbonyl (C=O) groups excluding carboxylic acids is 1. The number of aromatic nitrogens is 4. The first kappa shape index (κ1) is 26.5. The first-order valence-corrected chi connectivity index (χ1v) is 13.0. The lowest BCUT2D eigenvalue weighted by Crippen LogP contribution is -2.05. The van der Waals surface area contributed by atoms with Crippen LogP contribution < -0.4 is 10.6 Å². The number of carbonyl (C=O) groups is 1. The van der Waals surface area contributed by atoms with Crippen LogP contribution in [0.5, 0.6) is 0 Å². The highest BCUT2D eigenvalue weighted by atomic mass is 16.1. The van der Waals surface area contributed by atoms with Gasteiger partial charge >= 0.3 is 0 Å². The van der Waals surface area contributed by atoms with Gasteiger partial charge in [0.25, 0.3) is 0 Å². The number of amides is 1. The topological polar surface area (TPSA) is 84.2 Å². The highest BCUT2D eigenvalue weighted by molar-refractivity contribution is 5.88. The van der Waals surface area contributed by atoms with Gasteiger partial charge in [-0.05, 0) is 77.9 Å². The summed E-state index contributed by atoms with van der Waals surface area (Å²) in [5.41, 5.74) is 7.19. The van der Waals surface area contributed by atoms with Crippen molar-refractivity contribution in [3.63, 3.8) is 0 Å². The molecule has 0 aliphatic heterocycles. The minimum absolute atomic E-state index is 0.0950. The number of pyridine rings is 2. The number of nitrogens with one attached hydrogen (secondary N) is 2. The molecule has 0 aliphatic carbocycles. The summed E-state index contributed by atoms with van der Waals surface area (Å²) >= 11 is 0. The molecule has 5 aromatic rings. The van der Waals surface area contributed by atoms with Gasteiger partial charge in [0.15, 0.2) is 5.65 Å². The van der Waals surface area contributed by atoms with Crippen LogP contribution in [0.4, 0.5) is 17.3 Å². The lowest BCUT2D eigenvalue weighted by Gasteiger charge is -2.10. The molecule has 1 amide bonds. The number of fused-ring (bicyclic) bond motifs is 1. The van der Waals surface area contributed by atoms with E-state index in [2.05, 4.69) is 77.9 Å². The molecule has 3 aromatic heterocycles. The molecule has 0 bridgehead atoms. The maximum absolute atomic E-state index is 11.2. The second-order valence-corrected chi connectivity index (χ2v) is 9.16. The number of rotatable bonds is 7. The maximum Gasteiger partial charge on any atom is 0.247 e. The van der Waals surface area contributed by atoms with Crippen LogP contribution in [-0.2, 0) is 11.2 Å². The SMILES string of the molecule is CCC(C)c1ccc(-c2cccn3nc(Nc4ccc(NC(C)=O)cc4)nc23)cc1.CCc1cccnc1. The van der Waals surface area contributed by atoms with Crippen LogP contribution in [-0.4, -0.2) is 25.5 Å². The summed E-state index contributed by atoms with van der Waals surface area (Å²) in [7, 11) is 0. The van der Waals surface area contributed by atoms with Crippen molar-refractivity contribution in [2.75, 3.05) is 10.6 Å². The van der Waals surface area contributed by atoms with Crippen molar-refractivity contribution in [2.45, 2.75) is 46.5 Å². The number of hydrogen-bond donors (Lipinski definition) is 2. The van der Waals surface area contributed by atoms with Crippen molar-refractivity contribution in [3.8, 4) is 11.1 Å². The van der Waals surface area contributed by atoms with E-state index in [1.165, 1.54) is 18.1 Å². The van der Waals surface area contributed by atoms with Crippen LogP contribution >= 0.6 is 0 Å². The first-order chi connectivity index (χ1) is 18.5. The zero-order valence-electron chi connectivity index (χ0n) is 22.3. The Bertz CT molecular complexity index is 1460. The van der Waals surface area contributed by atoms with Gasteiger partial charge in [-0.3, -0.25) is 9.78 Å². The molecule has 0 saturated heterocycles. The van der Waals surface area contributed by atoms with Crippen molar-refractivity contribution in [1.82, 2.24) is 19.6 Å². The van der Waals surface area contributed by atoms with Crippen LogP contribution in [0.3, 0.4) is 0 Å². The molecule has 0 fully saturated rings. The Kier molecular flexibility index (Phi) is 8.82. The van der Waals surface area contributed by atoms with Gasteiger partial charge in [0.2, 0.25) is 11.9 Å². The molecule has 1 atom stereocenters. The number of aryl methyl sites for hydroxylation is 1. The Labute approximate surface area is 224 Å². The smallest absolute Gasteiger partial charge is 0.247 e. The van der Waals surface area contributed by atoms with Crippen LogP contribution in [0.2, 0.25) is 0 Å². The molecule has 38 heavy (non-hydrogen) atoms. The van der Waals surface area contributed by atoms with Crippen molar-refractivity contribution in [3.05, 3.63) is 103 Å². The van der Waals surface area contributed by atoms with Gasteiger partial charge in [0.1, 0.15) is 0 Å². The van der Waals surface area contributed by atoms with Gasteiger partial charge in [-0.15, -0.1) is 5.10 Å². The summed E-state index contributed by atoms with van der Waals surface area (Å²) in [5, 5.41) is 10.5. The molecule has 0 aliphatic rings. The largest absolute Gasteiger partial charge is 0.326 e. The van der Waals surface area contributed by atoms with Crippen molar-refractivity contribution in [1.29, 1.82) is 0 Å². The van der Waals surface area contributed by atoms with Gasteiger partial charge in [-0.25, -0.2) is 4.52 Å². The van der Waals surface area contributed by atoms with Gasteiger partial charge in [-0.1, -0.05) is 51.1 Å². The van der Waals surface area contributed by atoms with Crippen molar-refractivity contribution >= 4 is 28.9 Å². The van der Waals surface area contributed by atoms with Gasteiger partial charge in [0, 0.05) is 42.5 Å².